The van der Waals surface area contributed by atoms with Crippen molar-refractivity contribution in [2.24, 2.45) is 10.4 Å². The molecule has 0 unspecified atom stereocenters. The number of hydrogen-bond donors (Lipinski definition) is 1. The van der Waals surface area contributed by atoms with Crippen LogP contribution in [-0.2, 0) is 12.4 Å². The maximum Gasteiger partial charge on any atom is 0.416 e. The fraction of sp³-hybridized carbons (Fsp3) is 0.350. The van der Waals surface area contributed by atoms with Gasteiger partial charge < -0.3 is 5.32 Å². The van der Waals surface area contributed by atoms with E-state index in [9.17, 15) is 26.3 Å². The lowest BCUT2D eigenvalue weighted by Crippen LogP contribution is -2.20. The van der Waals surface area contributed by atoms with Crippen LogP contribution in [0.3, 0.4) is 0 Å². The quantitative estimate of drug-likeness (QED) is 0.271. The topological polar surface area (TPSA) is 24.4 Å². The molecule has 0 radical (unpaired) electrons. The normalized spacial score (nSPS) is 13.5. The van der Waals surface area contributed by atoms with Gasteiger partial charge in [-0.1, -0.05) is 44.0 Å². The van der Waals surface area contributed by atoms with Gasteiger partial charge in [0.1, 0.15) is 5.84 Å². The van der Waals surface area contributed by atoms with Gasteiger partial charge in [0.2, 0.25) is 0 Å². The Morgan fingerprint density at radius 1 is 0.833 bits per heavy atom. The molecule has 0 saturated carbocycles. The van der Waals surface area contributed by atoms with Crippen molar-refractivity contribution < 1.29 is 26.3 Å². The molecule has 0 amide bonds. The molecule has 30 heavy (non-hydrogen) atoms. The lowest BCUT2D eigenvalue weighted by atomic mass is 9.91. The predicted octanol–water partition coefficient (Wildman–Crippen LogP) is 8.61. The minimum Gasteiger partial charge on any atom is -0.342 e. The van der Waals surface area contributed by atoms with Gasteiger partial charge in [0, 0.05) is 6.42 Å². The molecule has 0 aromatic heterocycles. The van der Waals surface area contributed by atoms with Gasteiger partial charge in [-0.15, -0.1) is 0 Å². The zero-order chi connectivity index (χ0) is 22.9. The molecule has 0 fully saturated rings. The zero-order valence-electron chi connectivity index (χ0n) is 16.1. The van der Waals surface area contributed by atoms with E-state index in [-0.39, 0.29) is 33.7 Å². The number of halogens is 8. The van der Waals surface area contributed by atoms with Crippen molar-refractivity contribution in [3.63, 3.8) is 0 Å². The van der Waals surface area contributed by atoms with Crippen molar-refractivity contribution in [1.29, 1.82) is 0 Å². The van der Waals surface area contributed by atoms with Crippen molar-refractivity contribution >= 4 is 40.4 Å². The highest BCUT2D eigenvalue weighted by Gasteiger charge is 2.32. The summed E-state index contributed by atoms with van der Waals surface area (Å²) < 4.78 is 78.2. The Balaban J connectivity index is 2.53. The molecule has 0 heterocycles. The summed E-state index contributed by atoms with van der Waals surface area (Å²) >= 11 is 12.0. The van der Waals surface area contributed by atoms with E-state index in [0.717, 1.165) is 36.4 Å². The van der Waals surface area contributed by atoms with Crippen LogP contribution in [0.15, 0.2) is 41.4 Å². The molecule has 0 saturated heterocycles. The Labute approximate surface area is 179 Å². The summed E-state index contributed by atoms with van der Waals surface area (Å²) in [6.45, 7) is 5.52. The second kappa shape index (κ2) is 8.67. The summed E-state index contributed by atoms with van der Waals surface area (Å²) in [7, 11) is 0. The highest BCUT2D eigenvalue weighted by Crippen LogP contribution is 2.37. The van der Waals surface area contributed by atoms with Gasteiger partial charge in [-0.25, -0.2) is 4.99 Å². The molecule has 1 N–H and O–H groups in total. The van der Waals surface area contributed by atoms with Crippen molar-refractivity contribution in [3.8, 4) is 0 Å². The smallest absolute Gasteiger partial charge is 0.342 e. The maximum absolute atomic E-state index is 13.0. The number of anilines is 1. The third kappa shape index (κ3) is 6.80. The fourth-order valence-electron chi connectivity index (χ4n) is 2.49. The van der Waals surface area contributed by atoms with Gasteiger partial charge in [-0.3, -0.25) is 0 Å². The molecule has 10 heteroatoms. The largest absolute Gasteiger partial charge is 0.416 e. The Hall–Kier alpha value is -1.93. The molecule has 0 bridgehead atoms. The van der Waals surface area contributed by atoms with E-state index < -0.39 is 28.9 Å². The van der Waals surface area contributed by atoms with Crippen LogP contribution in [0, 0.1) is 5.41 Å². The average molecular weight is 471 g/mol. The van der Waals surface area contributed by atoms with Gasteiger partial charge in [-0.05, 0) is 41.8 Å². The molecule has 2 aromatic carbocycles. The first-order valence-electron chi connectivity index (χ1n) is 8.64. The van der Waals surface area contributed by atoms with Gasteiger partial charge in [-0.2, -0.15) is 26.3 Å². The second-order valence-corrected chi connectivity index (χ2v) is 8.59. The number of benzene rings is 2. The number of aliphatic imine (C=N–C) groups is 1. The van der Waals surface area contributed by atoms with Crippen molar-refractivity contribution in [2.45, 2.75) is 39.5 Å². The van der Waals surface area contributed by atoms with Crippen LogP contribution >= 0.6 is 23.2 Å². The SMILES string of the molecule is CC(C)(C)CC(=Nc1cc(C(F)(F)F)ccc1Cl)Nc1cc(C(F)(F)F)ccc1Cl. The summed E-state index contributed by atoms with van der Waals surface area (Å²) in [5, 5.41) is 2.69. The summed E-state index contributed by atoms with van der Waals surface area (Å²) in [5.74, 6) is 0.116. The van der Waals surface area contributed by atoms with Gasteiger partial charge in [0.25, 0.3) is 0 Å². The molecule has 0 aliphatic rings. The number of amidine groups is 1. The van der Waals surface area contributed by atoms with Crippen LogP contribution in [0.25, 0.3) is 0 Å². The number of nitrogens with one attached hydrogen (secondary N) is 1. The van der Waals surface area contributed by atoms with Crippen LogP contribution in [0.2, 0.25) is 10.0 Å². The maximum atomic E-state index is 13.0. The predicted molar refractivity (Wildman–Crippen MR) is 108 cm³/mol. The molecule has 2 nitrogen and oxygen atoms in total. The molecule has 0 atom stereocenters. The summed E-state index contributed by atoms with van der Waals surface area (Å²) in [4.78, 5) is 4.18. The lowest BCUT2D eigenvalue weighted by molar-refractivity contribution is -0.138. The van der Waals surface area contributed by atoms with E-state index in [2.05, 4.69) is 10.3 Å². The van der Waals surface area contributed by atoms with E-state index in [1.54, 1.807) is 0 Å². The summed E-state index contributed by atoms with van der Waals surface area (Å²) in [6, 6.07) is 5.39. The Bertz CT molecular complexity index is 944. The summed E-state index contributed by atoms with van der Waals surface area (Å²) in [6.07, 6.45) is -8.99. The Morgan fingerprint density at radius 3 is 1.83 bits per heavy atom. The molecular weight excluding hydrogens is 453 g/mol. The first-order chi connectivity index (χ1) is 13.6. The third-order valence-electron chi connectivity index (χ3n) is 3.80. The molecule has 2 aromatic rings. The van der Waals surface area contributed by atoms with Crippen LogP contribution < -0.4 is 5.32 Å². The monoisotopic (exact) mass is 470 g/mol. The van der Waals surface area contributed by atoms with Crippen LogP contribution in [0.1, 0.15) is 38.3 Å². The Kier molecular flexibility index (Phi) is 7.03. The molecule has 0 aliphatic heterocycles. The molecule has 0 spiro atoms. The van der Waals surface area contributed by atoms with E-state index in [1.807, 2.05) is 20.8 Å². The number of hydrogen-bond acceptors (Lipinski definition) is 1. The first kappa shape index (κ1) is 24.3. The van der Waals surface area contributed by atoms with Gasteiger partial charge in [0.15, 0.2) is 0 Å². The van der Waals surface area contributed by atoms with Crippen molar-refractivity contribution in [2.75, 3.05) is 5.32 Å². The highest BCUT2D eigenvalue weighted by molar-refractivity contribution is 6.34. The molecular formula is C20H18Cl2F6N2. The first-order valence-corrected chi connectivity index (χ1v) is 9.40. The van der Waals surface area contributed by atoms with Crippen LogP contribution in [-0.4, -0.2) is 5.84 Å². The van der Waals surface area contributed by atoms with E-state index in [1.165, 1.54) is 0 Å². The zero-order valence-corrected chi connectivity index (χ0v) is 17.7. The van der Waals surface area contributed by atoms with Crippen LogP contribution in [0.4, 0.5) is 37.7 Å². The minimum absolute atomic E-state index is 0.000233. The fourth-order valence-corrected chi connectivity index (χ4v) is 2.81. The number of rotatable bonds is 3. The van der Waals surface area contributed by atoms with Crippen LogP contribution in [0.5, 0.6) is 0 Å². The summed E-state index contributed by atoms with van der Waals surface area (Å²) in [5.41, 5.74) is -2.51. The Morgan fingerprint density at radius 2 is 1.33 bits per heavy atom. The van der Waals surface area contributed by atoms with E-state index in [4.69, 9.17) is 23.2 Å². The van der Waals surface area contributed by atoms with Crippen molar-refractivity contribution in [1.82, 2.24) is 0 Å². The van der Waals surface area contributed by atoms with E-state index >= 15 is 0 Å². The van der Waals surface area contributed by atoms with Crippen molar-refractivity contribution in [3.05, 3.63) is 57.6 Å². The number of alkyl halides is 6. The average Bonchev–Trinajstić information content (AvgIpc) is 2.55. The van der Waals surface area contributed by atoms with Gasteiger partial charge in [0.05, 0.1) is 32.5 Å². The van der Waals surface area contributed by atoms with Gasteiger partial charge >= 0.3 is 12.4 Å². The minimum atomic E-state index is -4.60. The molecule has 164 valence electrons. The standard InChI is InChI=1S/C20H18Cl2F6N2/c1-18(2,3)10-17(29-15-8-11(19(23,24)25)4-6-13(15)21)30-16-9-12(20(26,27)28)5-7-14(16)22/h4-9H,10H2,1-3H3,(H,29,30). The molecule has 0 aliphatic carbocycles. The second-order valence-electron chi connectivity index (χ2n) is 7.78. The van der Waals surface area contributed by atoms with E-state index in [0.29, 0.717) is 0 Å². The third-order valence-corrected chi connectivity index (χ3v) is 4.45. The highest BCUT2D eigenvalue weighted by atomic mass is 35.5. The number of nitrogens with zero attached hydrogens (tertiary/aromatic N) is 1. The lowest BCUT2D eigenvalue weighted by Gasteiger charge is -2.22. The molecule has 2 rings (SSSR count).